The van der Waals surface area contributed by atoms with Gasteiger partial charge in [0.05, 0.1) is 18.2 Å². The summed E-state index contributed by atoms with van der Waals surface area (Å²) in [5.41, 5.74) is 5.95. The molecule has 1 heterocycles. The molecular formula is C19H31NO. The van der Waals surface area contributed by atoms with E-state index in [-0.39, 0.29) is 0 Å². The van der Waals surface area contributed by atoms with Crippen LogP contribution in [0.15, 0.2) is 12.1 Å². The molecule has 2 rings (SSSR count). The van der Waals surface area contributed by atoms with Crippen LogP contribution >= 0.6 is 0 Å². The van der Waals surface area contributed by atoms with Crippen LogP contribution < -0.4 is 5.32 Å². The molecule has 1 aliphatic rings. The van der Waals surface area contributed by atoms with E-state index in [0.29, 0.717) is 18.2 Å². The van der Waals surface area contributed by atoms with E-state index in [1.54, 1.807) is 0 Å². The lowest BCUT2D eigenvalue weighted by molar-refractivity contribution is 0.0329. The minimum absolute atomic E-state index is 0.313. The van der Waals surface area contributed by atoms with Crippen molar-refractivity contribution >= 4 is 0 Å². The SMILES string of the molecule is CCc1cc(CC)c(C(NC)C2CCC(C)O2)c(CC)c1. The first-order chi connectivity index (χ1) is 10.1. The highest BCUT2D eigenvalue weighted by Crippen LogP contribution is 2.34. The maximum absolute atomic E-state index is 6.16. The third-order valence-electron chi connectivity index (χ3n) is 4.84. The molecule has 0 saturated carbocycles. The lowest BCUT2D eigenvalue weighted by Crippen LogP contribution is -2.31. The smallest absolute Gasteiger partial charge is 0.0774 e. The fourth-order valence-electron chi connectivity index (χ4n) is 3.63. The predicted molar refractivity (Wildman–Crippen MR) is 89.9 cm³/mol. The first kappa shape index (κ1) is 16.5. The molecule has 0 amide bonds. The van der Waals surface area contributed by atoms with Gasteiger partial charge in [0.2, 0.25) is 0 Å². The van der Waals surface area contributed by atoms with Gasteiger partial charge in [-0.25, -0.2) is 0 Å². The van der Waals surface area contributed by atoms with Gasteiger partial charge in [-0.05, 0) is 68.3 Å². The van der Waals surface area contributed by atoms with Crippen LogP contribution in [0.25, 0.3) is 0 Å². The van der Waals surface area contributed by atoms with Gasteiger partial charge in [-0.1, -0.05) is 32.9 Å². The quantitative estimate of drug-likeness (QED) is 0.847. The second-order valence-corrected chi connectivity index (χ2v) is 6.22. The maximum atomic E-state index is 6.16. The average molecular weight is 289 g/mol. The molecule has 0 aromatic heterocycles. The molecule has 2 heteroatoms. The van der Waals surface area contributed by atoms with Crippen molar-refractivity contribution in [3.05, 3.63) is 34.4 Å². The minimum Gasteiger partial charge on any atom is -0.373 e. The van der Waals surface area contributed by atoms with Crippen molar-refractivity contribution in [3.63, 3.8) is 0 Å². The molecule has 1 saturated heterocycles. The highest BCUT2D eigenvalue weighted by Gasteiger charge is 2.32. The van der Waals surface area contributed by atoms with E-state index in [4.69, 9.17) is 4.74 Å². The van der Waals surface area contributed by atoms with Crippen LogP contribution in [0, 0.1) is 0 Å². The molecular weight excluding hydrogens is 258 g/mol. The highest BCUT2D eigenvalue weighted by atomic mass is 16.5. The Morgan fingerprint density at radius 3 is 2.10 bits per heavy atom. The standard InChI is InChI=1S/C19H31NO/c1-6-14-11-15(7-2)18(16(8-3)12-14)19(20-5)17-10-9-13(4)21-17/h11-13,17,19-20H,6-10H2,1-5H3. The van der Waals surface area contributed by atoms with E-state index in [1.165, 1.54) is 28.7 Å². The summed E-state index contributed by atoms with van der Waals surface area (Å²) in [5, 5.41) is 3.54. The fourth-order valence-corrected chi connectivity index (χ4v) is 3.63. The van der Waals surface area contributed by atoms with Crippen molar-refractivity contribution in [2.45, 2.75) is 78.0 Å². The van der Waals surface area contributed by atoms with Crippen LogP contribution in [0.3, 0.4) is 0 Å². The highest BCUT2D eigenvalue weighted by molar-refractivity contribution is 5.42. The molecule has 2 nitrogen and oxygen atoms in total. The number of benzene rings is 1. The third-order valence-corrected chi connectivity index (χ3v) is 4.84. The number of hydrogen-bond acceptors (Lipinski definition) is 2. The molecule has 0 radical (unpaired) electrons. The summed E-state index contributed by atoms with van der Waals surface area (Å²) < 4.78 is 6.16. The Labute approximate surface area is 130 Å². The van der Waals surface area contributed by atoms with Gasteiger partial charge in [-0.3, -0.25) is 0 Å². The van der Waals surface area contributed by atoms with Crippen molar-refractivity contribution < 1.29 is 4.74 Å². The Bertz CT molecular complexity index is 444. The number of rotatable bonds is 6. The van der Waals surface area contributed by atoms with Gasteiger partial charge in [0.25, 0.3) is 0 Å². The Morgan fingerprint density at radius 2 is 1.71 bits per heavy atom. The molecule has 3 atom stereocenters. The summed E-state index contributed by atoms with van der Waals surface area (Å²) in [7, 11) is 2.07. The van der Waals surface area contributed by atoms with Crippen LogP contribution in [0.2, 0.25) is 0 Å². The van der Waals surface area contributed by atoms with Crippen molar-refractivity contribution in [3.8, 4) is 0 Å². The van der Waals surface area contributed by atoms with Crippen LogP contribution in [0.4, 0.5) is 0 Å². The number of hydrogen-bond donors (Lipinski definition) is 1. The van der Waals surface area contributed by atoms with Gasteiger partial charge >= 0.3 is 0 Å². The molecule has 1 fully saturated rings. The number of aryl methyl sites for hydroxylation is 3. The Kier molecular flexibility index (Phi) is 5.83. The topological polar surface area (TPSA) is 21.3 Å². The molecule has 1 N–H and O–H groups in total. The predicted octanol–water partition coefficient (Wildman–Crippen LogP) is 4.20. The van der Waals surface area contributed by atoms with E-state index in [2.05, 4.69) is 52.2 Å². The van der Waals surface area contributed by atoms with E-state index >= 15 is 0 Å². The summed E-state index contributed by atoms with van der Waals surface area (Å²) in [6.07, 6.45) is 6.35. The molecule has 21 heavy (non-hydrogen) atoms. The second kappa shape index (κ2) is 7.42. The summed E-state index contributed by atoms with van der Waals surface area (Å²) in [6.45, 7) is 8.96. The molecule has 3 unspecified atom stereocenters. The summed E-state index contributed by atoms with van der Waals surface area (Å²) in [5.74, 6) is 0. The van der Waals surface area contributed by atoms with Crippen molar-refractivity contribution in [1.29, 1.82) is 0 Å². The van der Waals surface area contributed by atoms with Gasteiger partial charge in [0, 0.05) is 0 Å². The maximum Gasteiger partial charge on any atom is 0.0774 e. The zero-order valence-electron chi connectivity index (χ0n) is 14.3. The van der Waals surface area contributed by atoms with E-state index in [0.717, 1.165) is 25.7 Å². The van der Waals surface area contributed by atoms with Gasteiger partial charge < -0.3 is 10.1 Å². The van der Waals surface area contributed by atoms with Crippen LogP contribution in [-0.4, -0.2) is 19.3 Å². The molecule has 0 aliphatic carbocycles. The Balaban J connectivity index is 2.43. The molecule has 1 aromatic rings. The number of likely N-dealkylation sites (N-methyl/N-ethyl adjacent to an activating group) is 1. The van der Waals surface area contributed by atoms with E-state index in [1.807, 2.05) is 0 Å². The Hall–Kier alpha value is -0.860. The molecule has 0 spiro atoms. The fraction of sp³-hybridized carbons (Fsp3) is 0.684. The average Bonchev–Trinajstić information content (AvgIpc) is 2.94. The lowest BCUT2D eigenvalue weighted by atomic mass is 9.86. The lowest BCUT2D eigenvalue weighted by Gasteiger charge is -2.28. The van der Waals surface area contributed by atoms with Gasteiger partial charge in [-0.2, -0.15) is 0 Å². The molecule has 0 bridgehead atoms. The van der Waals surface area contributed by atoms with Crippen molar-refractivity contribution in [2.75, 3.05) is 7.05 Å². The van der Waals surface area contributed by atoms with E-state index < -0.39 is 0 Å². The number of nitrogens with one attached hydrogen (secondary N) is 1. The molecule has 1 aromatic carbocycles. The zero-order valence-corrected chi connectivity index (χ0v) is 14.3. The molecule has 1 aliphatic heterocycles. The van der Waals surface area contributed by atoms with Crippen LogP contribution in [0.1, 0.15) is 68.8 Å². The first-order valence-electron chi connectivity index (χ1n) is 8.61. The second-order valence-electron chi connectivity index (χ2n) is 6.22. The monoisotopic (exact) mass is 289 g/mol. The van der Waals surface area contributed by atoms with Gasteiger partial charge in [-0.15, -0.1) is 0 Å². The van der Waals surface area contributed by atoms with Gasteiger partial charge in [0.15, 0.2) is 0 Å². The van der Waals surface area contributed by atoms with Crippen molar-refractivity contribution in [1.82, 2.24) is 5.32 Å². The summed E-state index contributed by atoms with van der Waals surface area (Å²) in [4.78, 5) is 0. The Morgan fingerprint density at radius 1 is 1.10 bits per heavy atom. The zero-order chi connectivity index (χ0) is 15.4. The minimum atomic E-state index is 0.313. The van der Waals surface area contributed by atoms with E-state index in [9.17, 15) is 0 Å². The number of ether oxygens (including phenoxy) is 1. The first-order valence-corrected chi connectivity index (χ1v) is 8.61. The van der Waals surface area contributed by atoms with Crippen LogP contribution in [-0.2, 0) is 24.0 Å². The molecule has 118 valence electrons. The largest absolute Gasteiger partial charge is 0.373 e. The summed E-state index contributed by atoms with van der Waals surface area (Å²) >= 11 is 0. The summed E-state index contributed by atoms with van der Waals surface area (Å²) in [6, 6.07) is 5.12. The van der Waals surface area contributed by atoms with Gasteiger partial charge in [0.1, 0.15) is 0 Å². The van der Waals surface area contributed by atoms with Crippen molar-refractivity contribution in [2.24, 2.45) is 0 Å². The van der Waals surface area contributed by atoms with Crippen LogP contribution in [0.5, 0.6) is 0 Å². The normalized spacial score (nSPS) is 23.5. The third kappa shape index (κ3) is 3.49.